The van der Waals surface area contributed by atoms with Gasteiger partial charge < -0.3 is 15.7 Å². The van der Waals surface area contributed by atoms with Crippen LogP contribution in [-0.2, 0) is 0 Å². The Morgan fingerprint density at radius 3 is 2.13 bits per heavy atom. The number of hydrogen-bond donors (Lipinski definition) is 3. The summed E-state index contributed by atoms with van der Waals surface area (Å²) < 4.78 is 0. The van der Waals surface area contributed by atoms with Gasteiger partial charge in [0.2, 0.25) is 0 Å². The number of benzene rings is 3. The first kappa shape index (κ1) is 29.6. The van der Waals surface area contributed by atoms with Gasteiger partial charge in [-0.25, -0.2) is 0 Å². The molecule has 3 rings (SSSR count). The lowest BCUT2D eigenvalue weighted by molar-refractivity contribution is -0.384. The highest BCUT2D eigenvalue weighted by Crippen LogP contribution is 2.27. The lowest BCUT2D eigenvalue weighted by Crippen LogP contribution is -2.24. The molecule has 0 saturated heterocycles. The molecule has 0 atom stereocenters. The molecule has 0 heterocycles. The van der Waals surface area contributed by atoms with Crippen molar-refractivity contribution in [2.75, 3.05) is 11.9 Å². The standard InChI is InChI=1S/C31H39N3O5/c1-2-3-4-5-6-7-8-9-10-11-12-18-32-30(36)24-17-16-23-21-29(35)28(20-25(23)19-24)31(37)33-26-14-13-15-27(22-26)34(38)39/h13-17,19-22,35H,2-12,18H2,1H3,(H,32,36)(H,33,37). The number of fused-ring (bicyclic) bond motifs is 1. The summed E-state index contributed by atoms with van der Waals surface area (Å²) in [6.45, 7) is 2.85. The Morgan fingerprint density at radius 1 is 0.795 bits per heavy atom. The van der Waals surface area contributed by atoms with Gasteiger partial charge in [0.25, 0.3) is 17.5 Å². The molecule has 0 radical (unpaired) electrons. The van der Waals surface area contributed by atoms with Crippen molar-refractivity contribution in [2.45, 2.75) is 77.6 Å². The number of anilines is 1. The number of nitrogens with zero attached hydrogens (tertiary/aromatic N) is 1. The highest BCUT2D eigenvalue weighted by Gasteiger charge is 2.15. The highest BCUT2D eigenvalue weighted by molar-refractivity contribution is 6.09. The van der Waals surface area contributed by atoms with Crippen LogP contribution < -0.4 is 10.6 Å². The minimum Gasteiger partial charge on any atom is -0.507 e. The molecule has 8 nitrogen and oxygen atoms in total. The maximum atomic E-state index is 12.8. The molecule has 0 spiro atoms. The third-order valence-corrected chi connectivity index (χ3v) is 6.84. The fourth-order valence-corrected chi connectivity index (χ4v) is 4.60. The molecule has 39 heavy (non-hydrogen) atoms. The van der Waals surface area contributed by atoms with Gasteiger partial charge in [0, 0.05) is 29.9 Å². The van der Waals surface area contributed by atoms with Crippen LogP contribution in [0.4, 0.5) is 11.4 Å². The second-order valence-electron chi connectivity index (χ2n) is 9.98. The summed E-state index contributed by atoms with van der Waals surface area (Å²) in [5.41, 5.74) is 0.567. The number of amides is 2. The van der Waals surface area contributed by atoms with Crippen LogP contribution in [-0.4, -0.2) is 28.4 Å². The number of nitro benzene ring substituents is 1. The molecular formula is C31H39N3O5. The number of rotatable bonds is 16. The van der Waals surface area contributed by atoms with Crippen LogP contribution in [0.15, 0.2) is 54.6 Å². The zero-order valence-corrected chi connectivity index (χ0v) is 22.7. The summed E-state index contributed by atoms with van der Waals surface area (Å²) in [6.07, 6.45) is 13.7. The van der Waals surface area contributed by atoms with Crippen LogP contribution in [0.25, 0.3) is 10.8 Å². The number of aromatic hydroxyl groups is 1. The summed E-state index contributed by atoms with van der Waals surface area (Å²) in [6, 6.07) is 13.7. The zero-order valence-electron chi connectivity index (χ0n) is 22.7. The van der Waals surface area contributed by atoms with Gasteiger partial charge in [0.05, 0.1) is 10.5 Å². The molecule has 0 bridgehead atoms. The van der Waals surface area contributed by atoms with Crippen molar-refractivity contribution < 1.29 is 19.6 Å². The van der Waals surface area contributed by atoms with Crippen LogP contribution in [0, 0.1) is 10.1 Å². The molecule has 0 aliphatic heterocycles. The molecule has 208 valence electrons. The number of phenols is 1. The molecule has 8 heteroatoms. The molecular weight excluding hydrogens is 494 g/mol. The lowest BCUT2D eigenvalue weighted by atomic mass is 10.0. The van der Waals surface area contributed by atoms with Crippen molar-refractivity contribution >= 4 is 34.0 Å². The molecule has 0 saturated carbocycles. The van der Waals surface area contributed by atoms with E-state index in [4.69, 9.17) is 0 Å². The number of nitrogens with one attached hydrogen (secondary N) is 2. The number of phenolic OH excluding ortho intramolecular Hbond substituents is 1. The van der Waals surface area contributed by atoms with E-state index in [0.29, 0.717) is 22.9 Å². The van der Waals surface area contributed by atoms with Gasteiger partial charge in [-0.05, 0) is 47.5 Å². The first-order valence-corrected chi connectivity index (χ1v) is 14.0. The van der Waals surface area contributed by atoms with Crippen molar-refractivity contribution in [1.82, 2.24) is 5.32 Å². The number of nitro groups is 1. The second-order valence-corrected chi connectivity index (χ2v) is 9.98. The molecule has 3 aromatic rings. The smallest absolute Gasteiger partial charge is 0.271 e. The molecule has 3 aromatic carbocycles. The largest absolute Gasteiger partial charge is 0.507 e. The number of hydrogen-bond acceptors (Lipinski definition) is 5. The SMILES string of the molecule is CCCCCCCCCCCCCNC(=O)c1ccc2cc(O)c(C(=O)Nc3cccc([N+](=O)[O-])c3)cc2c1. The van der Waals surface area contributed by atoms with Crippen molar-refractivity contribution in [3.63, 3.8) is 0 Å². The number of non-ortho nitro benzene ring substituents is 1. The van der Waals surface area contributed by atoms with E-state index in [1.165, 1.54) is 94.2 Å². The predicted octanol–water partition coefficient (Wildman–Crippen LogP) is 7.75. The first-order valence-electron chi connectivity index (χ1n) is 14.0. The summed E-state index contributed by atoms with van der Waals surface area (Å²) in [7, 11) is 0. The van der Waals surface area contributed by atoms with E-state index in [-0.39, 0.29) is 28.6 Å². The van der Waals surface area contributed by atoms with E-state index in [0.717, 1.165) is 12.8 Å². The molecule has 0 aromatic heterocycles. The van der Waals surface area contributed by atoms with Gasteiger partial charge in [-0.3, -0.25) is 19.7 Å². The van der Waals surface area contributed by atoms with Crippen molar-refractivity contribution in [3.8, 4) is 5.75 Å². The third-order valence-electron chi connectivity index (χ3n) is 6.84. The predicted molar refractivity (Wildman–Crippen MR) is 155 cm³/mol. The normalized spacial score (nSPS) is 10.9. The van der Waals surface area contributed by atoms with E-state index in [1.807, 2.05) is 0 Å². The van der Waals surface area contributed by atoms with Gasteiger partial charge in [-0.2, -0.15) is 0 Å². The summed E-state index contributed by atoms with van der Waals surface area (Å²) in [5, 5.41) is 28.3. The first-order chi connectivity index (χ1) is 18.9. The maximum Gasteiger partial charge on any atom is 0.271 e. The maximum absolute atomic E-state index is 12.8. The van der Waals surface area contributed by atoms with Gasteiger partial charge in [-0.1, -0.05) is 83.3 Å². The molecule has 0 aliphatic carbocycles. The third kappa shape index (κ3) is 9.39. The Labute approximate surface area is 230 Å². The van der Waals surface area contributed by atoms with E-state index >= 15 is 0 Å². The van der Waals surface area contributed by atoms with E-state index in [9.17, 15) is 24.8 Å². The van der Waals surface area contributed by atoms with E-state index in [2.05, 4.69) is 17.6 Å². The van der Waals surface area contributed by atoms with Crippen LogP contribution in [0.5, 0.6) is 5.75 Å². The summed E-state index contributed by atoms with van der Waals surface area (Å²) >= 11 is 0. The van der Waals surface area contributed by atoms with E-state index in [1.54, 1.807) is 18.2 Å². The molecule has 0 aliphatic rings. The molecule has 0 fully saturated rings. The van der Waals surface area contributed by atoms with Crippen molar-refractivity contribution in [3.05, 3.63) is 75.8 Å². The Kier molecular flexibility index (Phi) is 11.7. The monoisotopic (exact) mass is 533 g/mol. The fourth-order valence-electron chi connectivity index (χ4n) is 4.60. The minimum atomic E-state index is -0.610. The molecule has 0 unspecified atom stereocenters. The molecule has 3 N–H and O–H groups in total. The Hall–Kier alpha value is -3.94. The van der Waals surface area contributed by atoms with Crippen LogP contribution >= 0.6 is 0 Å². The number of unbranched alkanes of at least 4 members (excludes halogenated alkanes) is 10. The van der Waals surface area contributed by atoms with Crippen molar-refractivity contribution in [1.29, 1.82) is 0 Å². The van der Waals surface area contributed by atoms with E-state index < -0.39 is 10.8 Å². The quantitative estimate of drug-likeness (QED) is 0.0987. The lowest BCUT2D eigenvalue weighted by Gasteiger charge is -2.10. The Balaban J connectivity index is 1.49. The topological polar surface area (TPSA) is 122 Å². The Morgan fingerprint density at radius 2 is 1.46 bits per heavy atom. The van der Waals surface area contributed by atoms with Gasteiger partial charge >= 0.3 is 0 Å². The van der Waals surface area contributed by atoms with Crippen LogP contribution in [0.1, 0.15) is 98.3 Å². The molecule has 2 amide bonds. The fraction of sp³-hybridized carbons (Fsp3) is 0.419. The minimum absolute atomic E-state index is 0.00697. The van der Waals surface area contributed by atoms with Crippen LogP contribution in [0.3, 0.4) is 0 Å². The average Bonchev–Trinajstić information content (AvgIpc) is 2.93. The second kappa shape index (κ2) is 15.5. The van der Waals surface area contributed by atoms with Gasteiger partial charge in [0.1, 0.15) is 5.75 Å². The van der Waals surface area contributed by atoms with Crippen LogP contribution in [0.2, 0.25) is 0 Å². The Bertz CT molecular complexity index is 1270. The van der Waals surface area contributed by atoms with Crippen molar-refractivity contribution in [2.24, 2.45) is 0 Å². The number of carbonyl (C=O) groups excluding carboxylic acids is 2. The summed E-state index contributed by atoms with van der Waals surface area (Å²) in [5.74, 6) is -1.01. The average molecular weight is 534 g/mol. The van der Waals surface area contributed by atoms with Gasteiger partial charge in [-0.15, -0.1) is 0 Å². The summed E-state index contributed by atoms with van der Waals surface area (Å²) in [4.78, 5) is 35.9. The number of carbonyl (C=O) groups is 2. The van der Waals surface area contributed by atoms with Gasteiger partial charge in [0.15, 0.2) is 0 Å². The zero-order chi connectivity index (χ0) is 28.0. The highest BCUT2D eigenvalue weighted by atomic mass is 16.6.